The Bertz CT molecular complexity index is 447. The van der Waals surface area contributed by atoms with E-state index in [1.807, 2.05) is 0 Å². The van der Waals surface area contributed by atoms with E-state index in [9.17, 15) is 14.3 Å². The van der Waals surface area contributed by atoms with E-state index in [1.54, 1.807) is 19.1 Å². The summed E-state index contributed by atoms with van der Waals surface area (Å²) in [6.45, 7) is 1.64. The largest absolute Gasteiger partial charge is 0.393 e. The van der Waals surface area contributed by atoms with Crippen LogP contribution in [-0.2, 0) is 0 Å². The molecule has 1 amide bonds. The maximum Gasteiger partial charge on any atom is 0.254 e. The van der Waals surface area contributed by atoms with E-state index >= 15 is 0 Å². The van der Waals surface area contributed by atoms with Crippen molar-refractivity contribution in [3.63, 3.8) is 0 Å². The zero-order valence-electron chi connectivity index (χ0n) is 10.4. The molecule has 0 spiro atoms. The van der Waals surface area contributed by atoms with Crippen molar-refractivity contribution in [2.45, 2.75) is 44.8 Å². The second-order valence-electron chi connectivity index (χ2n) is 4.93. The number of aryl methyl sites for hydroxylation is 1. The van der Waals surface area contributed by atoms with Crippen LogP contribution in [0, 0.1) is 12.7 Å². The van der Waals surface area contributed by atoms with Gasteiger partial charge in [-0.15, -0.1) is 0 Å². The third-order valence-electron chi connectivity index (χ3n) is 3.42. The van der Waals surface area contributed by atoms with E-state index in [-0.39, 0.29) is 17.7 Å². The third kappa shape index (κ3) is 2.88. The maximum absolute atomic E-state index is 13.8. The highest BCUT2D eigenvalue weighted by molar-refractivity contribution is 5.94. The Morgan fingerprint density at radius 3 is 2.94 bits per heavy atom. The Kier molecular flexibility index (Phi) is 3.97. The number of carbonyl (C=O) groups excluding carboxylic acids is 1. The first-order chi connectivity index (χ1) is 8.58. The van der Waals surface area contributed by atoms with E-state index in [2.05, 4.69) is 5.32 Å². The summed E-state index contributed by atoms with van der Waals surface area (Å²) in [5.41, 5.74) is 0.543. The molecule has 0 radical (unpaired) electrons. The van der Waals surface area contributed by atoms with Gasteiger partial charge in [0.2, 0.25) is 0 Å². The number of halogens is 1. The van der Waals surface area contributed by atoms with Crippen molar-refractivity contribution >= 4 is 5.91 Å². The average molecular weight is 251 g/mol. The highest BCUT2D eigenvalue weighted by Crippen LogP contribution is 2.19. The van der Waals surface area contributed by atoms with Gasteiger partial charge in [-0.3, -0.25) is 4.79 Å². The number of aliphatic hydroxyl groups excluding tert-OH is 1. The van der Waals surface area contributed by atoms with E-state index in [0.29, 0.717) is 12.0 Å². The van der Waals surface area contributed by atoms with Gasteiger partial charge >= 0.3 is 0 Å². The fraction of sp³-hybridized carbons (Fsp3) is 0.500. The Morgan fingerprint density at radius 2 is 2.22 bits per heavy atom. The van der Waals surface area contributed by atoms with Gasteiger partial charge in [-0.2, -0.15) is 0 Å². The molecule has 1 aliphatic rings. The fourth-order valence-corrected chi connectivity index (χ4v) is 2.38. The SMILES string of the molecule is Cc1cccc(C(=O)NC2CCCC(O)C2)c1F. The molecule has 4 heteroatoms. The van der Waals surface area contributed by atoms with Crippen LogP contribution in [0.3, 0.4) is 0 Å². The lowest BCUT2D eigenvalue weighted by molar-refractivity contribution is 0.0846. The van der Waals surface area contributed by atoms with Crippen LogP contribution in [0.25, 0.3) is 0 Å². The molecule has 0 aromatic heterocycles. The number of rotatable bonds is 2. The Balaban J connectivity index is 2.05. The lowest BCUT2D eigenvalue weighted by Crippen LogP contribution is -2.40. The zero-order valence-corrected chi connectivity index (χ0v) is 10.4. The molecule has 0 saturated heterocycles. The molecular weight excluding hydrogens is 233 g/mol. The van der Waals surface area contributed by atoms with Gasteiger partial charge in [-0.05, 0) is 44.2 Å². The van der Waals surface area contributed by atoms with Gasteiger partial charge in [0, 0.05) is 6.04 Å². The summed E-state index contributed by atoms with van der Waals surface area (Å²) in [4.78, 5) is 12.0. The summed E-state index contributed by atoms with van der Waals surface area (Å²) in [5.74, 6) is -0.860. The van der Waals surface area contributed by atoms with Gasteiger partial charge in [0.25, 0.3) is 5.91 Å². The van der Waals surface area contributed by atoms with Crippen LogP contribution >= 0.6 is 0 Å². The molecule has 0 heterocycles. The Labute approximate surface area is 106 Å². The van der Waals surface area contributed by atoms with Crippen molar-refractivity contribution in [3.8, 4) is 0 Å². The fourth-order valence-electron chi connectivity index (χ4n) is 2.38. The quantitative estimate of drug-likeness (QED) is 0.846. The van der Waals surface area contributed by atoms with Crippen LogP contribution in [0.1, 0.15) is 41.6 Å². The Hall–Kier alpha value is -1.42. The molecule has 98 valence electrons. The summed E-state index contributed by atoms with van der Waals surface area (Å²) in [7, 11) is 0. The highest BCUT2D eigenvalue weighted by Gasteiger charge is 2.23. The molecule has 0 aliphatic heterocycles. The zero-order chi connectivity index (χ0) is 13.1. The van der Waals surface area contributed by atoms with E-state index < -0.39 is 11.7 Å². The number of amides is 1. The summed E-state index contributed by atoms with van der Waals surface area (Å²) in [6, 6.07) is 4.73. The molecule has 1 aromatic rings. The predicted molar refractivity (Wildman–Crippen MR) is 66.9 cm³/mol. The van der Waals surface area contributed by atoms with E-state index in [4.69, 9.17) is 0 Å². The van der Waals surface area contributed by atoms with Gasteiger partial charge in [-0.1, -0.05) is 12.1 Å². The van der Waals surface area contributed by atoms with Crippen LogP contribution in [0.15, 0.2) is 18.2 Å². The molecule has 0 bridgehead atoms. The van der Waals surface area contributed by atoms with Crippen LogP contribution in [0.2, 0.25) is 0 Å². The molecule has 2 rings (SSSR count). The lowest BCUT2D eigenvalue weighted by Gasteiger charge is -2.26. The van der Waals surface area contributed by atoms with Crippen molar-refractivity contribution < 1.29 is 14.3 Å². The Morgan fingerprint density at radius 1 is 1.44 bits per heavy atom. The van der Waals surface area contributed by atoms with Crippen LogP contribution in [0.4, 0.5) is 4.39 Å². The molecule has 2 N–H and O–H groups in total. The number of carbonyl (C=O) groups is 1. The average Bonchev–Trinajstić information content (AvgIpc) is 2.32. The summed E-state index contributed by atoms with van der Waals surface area (Å²) in [5, 5.41) is 12.3. The molecule has 2 atom stereocenters. The minimum Gasteiger partial charge on any atom is -0.393 e. The smallest absolute Gasteiger partial charge is 0.254 e. The molecule has 18 heavy (non-hydrogen) atoms. The van der Waals surface area contributed by atoms with Gasteiger partial charge in [0.1, 0.15) is 5.82 Å². The second-order valence-corrected chi connectivity index (χ2v) is 4.93. The predicted octanol–water partition coefficient (Wildman–Crippen LogP) is 2.17. The van der Waals surface area contributed by atoms with Gasteiger partial charge < -0.3 is 10.4 Å². The van der Waals surface area contributed by atoms with Gasteiger partial charge in [0.05, 0.1) is 11.7 Å². The number of aliphatic hydroxyl groups is 1. The standard InChI is InChI=1S/C14H18FNO2/c1-9-4-2-7-12(13(9)15)14(18)16-10-5-3-6-11(17)8-10/h2,4,7,10-11,17H,3,5-6,8H2,1H3,(H,16,18). The number of hydrogen-bond acceptors (Lipinski definition) is 2. The maximum atomic E-state index is 13.8. The molecule has 1 aromatic carbocycles. The van der Waals surface area contributed by atoms with Crippen LogP contribution in [-0.4, -0.2) is 23.2 Å². The van der Waals surface area contributed by atoms with E-state index in [1.165, 1.54) is 6.07 Å². The van der Waals surface area contributed by atoms with Crippen molar-refractivity contribution in [1.29, 1.82) is 0 Å². The first-order valence-electron chi connectivity index (χ1n) is 6.32. The third-order valence-corrected chi connectivity index (χ3v) is 3.42. The lowest BCUT2D eigenvalue weighted by atomic mass is 9.93. The molecule has 2 unspecified atom stereocenters. The summed E-state index contributed by atoms with van der Waals surface area (Å²) in [6.07, 6.45) is 2.72. The normalized spacial score (nSPS) is 23.7. The van der Waals surface area contributed by atoms with Crippen molar-refractivity contribution in [2.75, 3.05) is 0 Å². The summed E-state index contributed by atoms with van der Waals surface area (Å²) >= 11 is 0. The van der Waals surface area contributed by atoms with Gasteiger partial charge in [-0.25, -0.2) is 4.39 Å². The van der Waals surface area contributed by atoms with Crippen LogP contribution in [0.5, 0.6) is 0 Å². The molecule has 1 saturated carbocycles. The number of benzene rings is 1. The molecule has 1 aliphatic carbocycles. The first kappa shape index (κ1) is 13.0. The molecule has 1 fully saturated rings. The molecular formula is C14H18FNO2. The van der Waals surface area contributed by atoms with E-state index in [0.717, 1.165) is 19.3 Å². The number of nitrogens with one attached hydrogen (secondary N) is 1. The molecule has 3 nitrogen and oxygen atoms in total. The summed E-state index contributed by atoms with van der Waals surface area (Å²) < 4.78 is 13.8. The first-order valence-corrected chi connectivity index (χ1v) is 6.32. The minimum absolute atomic E-state index is 0.0545. The van der Waals surface area contributed by atoms with Crippen molar-refractivity contribution in [2.24, 2.45) is 0 Å². The van der Waals surface area contributed by atoms with Gasteiger partial charge in [0.15, 0.2) is 0 Å². The number of hydrogen-bond donors (Lipinski definition) is 2. The minimum atomic E-state index is -0.466. The van der Waals surface area contributed by atoms with Crippen molar-refractivity contribution in [3.05, 3.63) is 35.1 Å². The van der Waals surface area contributed by atoms with Crippen LogP contribution < -0.4 is 5.32 Å². The topological polar surface area (TPSA) is 49.3 Å². The second kappa shape index (κ2) is 5.48. The van der Waals surface area contributed by atoms with Crippen molar-refractivity contribution in [1.82, 2.24) is 5.32 Å². The highest BCUT2D eigenvalue weighted by atomic mass is 19.1. The monoisotopic (exact) mass is 251 g/mol.